The van der Waals surface area contributed by atoms with E-state index < -0.39 is 6.17 Å². The van der Waals surface area contributed by atoms with Gasteiger partial charge < -0.3 is 10.1 Å². The highest BCUT2D eigenvalue weighted by Crippen LogP contribution is 2.30. The third-order valence-electron chi connectivity index (χ3n) is 3.08. The molecule has 3 nitrogen and oxygen atoms in total. The predicted octanol–water partition coefficient (Wildman–Crippen LogP) is 1.27. The van der Waals surface area contributed by atoms with E-state index in [0.717, 1.165) is 12.8 Å². The lowest BCUT2D eigenvalue weighted by Gasteiger charge is -2.34. The molecule has 0 aromatic rings. The van der Waals surface area contributed by atoms with Crippen molar-refractivity contribution >= 4 is 6.41 Å². The molecule has 0 spiro atoms. The number of hydrogen-bond acceptors (Lipinski definition) is 2. The maximum absolute atomic E-state index is 13.6. The van der Waals surface area contributed by atoms with Gasteiger partial charge in [-0.05, 0) is 19.8 Å². The van der Waals surface area contributed by atoms with Crippen LogP contribution in [0.25, 0.3) is 0 Å². The van der Waals surface area contributed by atoms with Crippen LogP contribution in [0.2, 0.25) is 0 Å². The fourth-order valence-electron chi connectivity index (χ4n) is 2.11. The highest BCUT2D eigenvalue weighted by molar-refractivity contribution is 5.46. The van der Waals surface area contributed by atoms with Gasteiger partial charge in [-0.1, -0.05) is 0 Å². The van der Waals surface area contributed by atoms with Crippen molar-refractivity contribution in [2.75, 3.05) is 7.11 Å². The van der Waals surface area contributed by atoms with Gasteiger partial charge in [-0.3, -0.25) is 4.79 Å². The smallest absolute Gasteiger partial charge is 0.207 e. The Morgan fingerprint density at radius 1 is 1.57 bits per heavy atom. The first kappa shape index (κ1) is 11.4. The van der Waals surface area contributed by atoms with Gasteiger partial charge in [0, 0.05) is 25.5 Å². The molecule has 4 unspecified atom stereocenters. The molecule has 1 N–H and O–H groups in total. The number of amides is 1. The summed E-state index contributed by atoms with van der Waals surface area (Å²) in [4.78, 5) is 10.2. The minimum Gasteiger partial charge on any atom is -0.381 e. The molecule has 0 bridgehead atoms. The Bertz CT molecular complexity index is 189. The lowest BCUT2D eigenvalue weighted by Crippen LogP contribution is -2.42. The zero-order valence-electron chi connectivity index (χ0n) is 8.70. The Morgan fingerprint density at radius 2 is 2.29 bits per heavy atom. The molecular weight excluding hydrogens is 185 g/mol. The fourth-order valence-corrected chi connectivity index (χ4v) is 2.11. The molecule has 0 aromatic carbocycles. The first-order valence-electron chi connectivity index (χ1n) is 5.05. The summed E-state index contributed by atoms with van der Waals surface area (Å²) >= 11 is 0. The standard InChI is InChI=1S/C10H18FNO2/c1-7(12-6-13)9-4-3-8(14-2)5-10(9)11/h6-10H,3-5H2,1-2H3,(H,12,13). The molecule has 14 heavy (non-hydrogen) atoms. The van der Waals surface area contributed by atoms with Crippen molar-refractivity contribution in [1.82, 2.24) is 5.32 Å². The van der Waals surface area contributed by atoms with Gasteiger partial charge >= 0.3 is 0 Å². The van der Waals surface area contributed by atoms with Crippen LogP contribution in [0.3, 0.4) is 0 Å². The van der Waals surface area contributed by atoms with Crippen LogP contribution >= 0.6 is 0 Å². The monoisotopic (exact) mass is 203 g/mol. The third kappa shape index (κ3) is 2.67. The molecule has 4 heteroatoms. The van der Waals surface area contributed by atoms with E-state index in [-0.39, 0.29) is 18.1 Å². The molecule has 0 aromatic heterocycles. The second-order valence-electron chi connectivity index (χ2n) is 3.92. The van der Waals surface area contributed by atoms with Crippen LogP contribution in [-0.2, 0) is 9.53 Å². The molecule has 0 saturated heterocycles. The SMILES string of the molecule is COC1CCC(C(C)NC=O)C(F)C1. The van der Waals surface area contributed by atoms with Crippen molar-refractivity contribution in [2.45, 2.75) is 44.5 Å². The summed E-state index contributed by atoms with van der Waals surface area (Å²) in [5.74, 6) is -0.0633. The average molecular weight is 203 g/mol. The van der Waals surface area contributed by atoms with Crippen LogP contribution < -0.4 is 5.32 Å². The summed E-state index contributed by atoms with van der Waals surface area (Å²) in [7, 11) is 1.62. The van der Waals surface area contributed by atoms with Crippen LogP contribution in [0.1, 0.15) is 26.2 Å². The number of carbonyl (C=O) groups is 1. The molecule has 0 aliphatic heterocycles. The van der Waals surface area contributed by atoms with Crippen molar-refractivity contribution in [2.24, 2.45) is 5.92 Å². The average Bonchev–Trinajstić information content (AvgIpc) is 2.17. The van der Waals surface area contributed by atoms with Crippen LogP contribution in [0.15, 0.2) is 0 Å². The Hall–Kier alpha value is -0.640. The quantitative estimate of drug-likeness (QED) is 0.699. The molecular formula is C10H18FNO2. The lowest BCUT2D eigenvalue weighted by molar-refractivity contribution is -0.110. The van der Waals surface area contributed by atoms with Crippen molar-refractivity contribution in [3.63, 3.8) is 0 Å². The van der Waals surface area contributed by atoms with E-state index in [9.17, 15) is 9.18 Å². The molecule has 1 rings (SSSR count). The topological polar surface area (TPSA) is 38.3 Å². The van der Waals surface area contributed by atoms with Gasteiger partial charge in [-0.2, -0.15) is 0 Å². The largest absolute Gasteiger partial charge is 0.381 e. The molecule has 0 heterocycles. The van der Waals surface area contributed by atoms with Gasteiger partial charge in [0.1, 0.15) is 6.17 Å². The minimum absolute atomic E-state index is 0.0460. The highest BCUT2D eigenvalue weighted by atomic mass is 19.1. The fraction of sp³-hybridized carbons (Fsp3) is 0.900. The normalized spacial score (nSPS) is 34.9. The van der Waals surface area contributed by atoms with E-state index in [0.29, 0.717) is 12.8 Å². The van der Waals surface area contributed by atoms with Crippen molar-refractivity contribution in [1.29, 1.82) is 0 Å². The zero-order chi connectivity index (χ0) is 10.6. The van der Waals surface area contributed by atoms with Gasteiger partial charge in [-0.15, -0.1) is 0 Å². The molecule has 1 saturated carbocycles. The maximum Gasteiger partial charge on any atom is 0.207 e. The van der Waals surface area contributed by atoms with Crippen LogP contribution in [-0.4, -0.2) is 31.8 Å². The number of alkyl halides is 1. The Morgan fingerprint density at radius 3 is 2.79 bits per heavy atom. The molecule has 0 radical (unpaired) electrons. The maximum atomic E-state index is 13.6. The van der Waals surface area contributed by atoms with Gasteiger partial charge in [0.2, 0.25) is 6.41 Å². The summed E-state index contributed by atoms with van der Waals surface area (Å²) in [5, 5.41) is 2.62. The van der Waals surface area contributed by atoms with E-state index in [2.05, 4.69) is 5.32 Å². The summed E-state index contributed by atoms with van der Waals surface area (Å²) in [5.41, 5.74) is 0. The minimum atomic E-state index is -0.865. The molecule has 82 valence electrons. The van der Waals surface area contributed by atoms with E-state index in [1.165, 1.54) is 0 Å². The number of hydrogen-bond donors (Lipinski definition) is 1. The van der Waals surface area contributed by atoms with Gasteiger partial charge in [-0.25, -0.2) is 4.39 Å². The molecule has 1 fully saturated rings. The summed E-state index contributed by atoms with van der Waals surface area (Å²) in [6.07, 6.45) is 1.93. The molecule has 1 amide bonds. The lowest BCUT2D eigenvalue weighted by atomic mass is 9.81. The number of nitrogens with one attached hydrogen (secondary N) is 1. The molecule has 4 atom stereocenters. The van der Waals surface area contributed by atoms with Gasteiger partial charge in [0.15, 0.2) is 0 Å². The summed E-state index contributed by atoms with van der Waals surface area (Å²) < 4.78 is 18.7. The van der Waals surface area contributed by atoms with Crippen LogP contribution in [0.5, 0.6) is 0 Å². The summed E-state index contributed by atoms with van der Waals surface area (Å²) in [6, 6.07) is -0.0830. The van der Waals surface area contributed by atoms with E-state index in [1.807, 2.05) is 6.92 Å². The van der Waals surface area contributed by atoms with E-state index in [1.54, 1.807) is 7.11 Å². The van der Waals surface area contributed by atoms with Gasteiger partial charge in [0.05, 0.1) is 6.10 Å². The number of carbonyl (C=O) groups excluding carboxylic acids is 1. The highest BCUT2D eigenvalue weighted by Gasteiger charge is 2.33. The van der Waals surface area contributed by atoms with Crippen LogP contribution in [0, 0.1) is 5.92 Å². The first-order valence-corrected chi connectivity index (χ1v) is 5.05. The number of ether oxygens (including phenoxy) is 1. The van der Waals surface area contributed by atoms with Crippen molar-refractivity contribution in [3.05, 3.63) is 0 Å². The second kappa shape index (κ2) is 5.29. The summed E-state index contributed by atoms with van der Waals surface area (Å²) in [6.45, 7) is 1.85. The Labute approximate surface area is 84.0 Å². The van der Waals surface area contributed by atoms with E-state index >= 15 is 0 Å². The first-order chi connectivity index (χ1) is 6.69. The van der Waals surface area contributed by atoms with E-state index in [4.69, 9.17) is 4.74 Å². The zero-order valence-corrected chi connectivity index (χ0v) is 8.70. The predicted molar refractivity (Wildman–Crippen MR) is 51.7 cm³/mol. The van der Waals surface area contributed by atoms with Crippen LogP contribution in [0.4, 0.5) is 4.39 Å². The third-order valence-corrected chi connectivity index (χ3v) is 3.08. The van der Waals surface area contributed by atoms with Gasteiger partial charge in [0.25, 0.3) is 0 Å². The molecule has 1 aliphatic carbocycles. The molecule has 1 aliphatic rings. The van der Waals surface area contributed by atoms with Crippen molar-refractivity contribution < 1.29 is 13.9 Å². The second-order valence-corrected chi connectivity index (χ2v) is 3.92. The number of methoxy groups -OCH3 is 1. The Kier molecular flexibility index (Phi) is 4.32. The van der Waals surface area contributed by atoms with Crippen molar-refractivity contribution in [3.8, 4) is 0 Å². The number of rotatable bonds is 4. The Balaban J connectivity index is 2.44. The number of halogens is 1.